The van der Waals surface area contributed by atoms with E-state index in [0.717, 1.165) is 17.7 Å². The number of rotatable bonds is 3. The van der Waals surface area contributed by atoms with Gasteiger partial charge in [-0.1, -0.05) is 25.1 Å². The van der Waals surface area contributed by atoms with E-state index in [1.54, 1.807) is 17.0 Å². The van der Waals surface area contributed by atoms with E-state index in [1.165, 1.54) is 0 Å². The van der Waals surface area contributed by atoms with Gasteiger partial charge in [-0.2, -0.15) is 5.26 Å². The van der Waals surface area contributed by atoms with Gasteiger partial charge in [0.15, 0.2) is 0 Å². The Morgan fingerprint density at radius 3 is 2.94 bits per heavy atom. The molecule has 0 amide bonds. The molecule has 4 nitrogen and oxygen atoms in total. The van der Waals surface area contributed by atoms with Crippen molar-refractivity contribution in [2.45, 2.75) is 19.4 Å². The van der Waals surface area contributed by atoms with Crippen molar-refractivity contribution in [3.05, 3.63) is 48.0 Å². The average molecular weight is 226 g/mol. The van der Waals surface area contributed by atoms with Crippen molar-refractivity contribution < 1.29 is 0 Å². The van der Waals surface area contributed by atoms with Gasteiger partial charge in [0.05, 0.1) is 5.69 Å². The summed E-state index contributed by atoms with van der Waals surface area (Å²) in [7, 11) is 0. The van der Waals surface area contributed by atoms with Crippen LogP contribution in [0.1, 0.15) is 30.8 Å². The molecule has 2 aromatic rings. The van der Waals surface area contributed by atoms with E-state index in [4.69, 9.17) is 11.0 Å². The van der Waals surface area contributed by atoms with E-state index in [9.17, 15) is 0 Å². The van der Waals surface area contributed by atoms with E-state index >= 15 is 0 Å². The van der Waals surface area contributed by atoms with Gasteiger partial charge < -0.3 is 5.73 Å². The molecule has 0 saturated carbocycles. The average Bonchev–Trinajstić information content (AvgIpc) is 2.86. The number of nitrogens with zero attached hydrogens (tertiary/aromatic N) is 3. The van der Waals surface area contributed by atoms with Crippen molar-refractivity contribution in [3.8, 4) is 11.8 Å². The first kappa shape index (κ1) is 11.4. The number of imidazole rings is 1. The zero-order valence-electron chi connectivity index (χ0n) is 9.67. The molecule has 2 N–H and O–H groups in total. The first-order valence-corrected chi connectivity index (χ1v) is 5.56. The number of benzene rings is 1. The zero-order chi connectivity index (χ0) is 12.3. The van der Waals surface area contributed by atoms with Crippen molar-refractivity contribution >= 4 is 0 Å². The summed E-state index contributed by atoms with van der Waals surface area (Å²) >= 11 is 0. The summed E-state index contributed by atoms with van der Waals surface area (Å²) in [5.74, 6) is 0.376. The molecule has 17 heavy (non-hydrogen) atoms. The predicted molar refractivity (Wildman–Crippen MR) is 65.5 cm³/mol. The third-order valence-electron chi connectivity index (χ3n) is 2.78. The summed E-state index contributed by atoms with van der Waals surface area (Å²) < 4.78 is 1.77. The Kier molecular flexibility index (Phi) is 3.22. The van der Waals surface area contributed by atoms with Crippen molar-refractivity contribution in [2.75, 3.05) is 0 Å². The third-order valence-corrected chi connectivity index (χ3v) is 2.78. The van der Waals surface area contributed by atoms with Crippen molar-refractivity contribution in [2.24, 2.45) is 5.73 Å². The van der Waals surface area contributed by atoms with Gasteiger partial charge in [0, 0.05) is 18.4 Å². The van der Waals surface area contributed by atoms with E-state index < -0.39 is 0 Å². The smallest absolute Gasteiger partial charge is 0.217 e. The highest BCUT2D eigenvalue weighted by molar-refractivity contribution is 5.45. The summed E-state index contributed by atoms with van der Waals surface area (Å²) in [4.78, 5) is 4.00. The number of aromatic nitrogens is 2. The molecule has 0 aliphatic heterocycles. The highest BCUT2D eigenvalue weighted by Gasteiger charge is 2.12. The van der Waals surface area contributed by atoms with Crippen molar-refractivity contribution in [3.63, 3.8) is 0 Å². The molecule has 0 unspecified atom stereocenters. The molecular formula is C13H14N4. The fraction of sp³-hybridized carbons (Fsp3) is 0.231. The zero-order valence-corrected chi connectivity index (χ0v) is 9.67. The highest BCUT2D eigenvalue weighted by atomic mass is 15.1. The summed E-state index contributed by atoms with van der Waals surface area (Å²) in [6, 6.07) is 9.87. The fourth-order valence-electron chi connectivity index (χ4n) is 1.82. The Labute approximate surface area is 100 Å². The summed E-state index contributed by atoms with van der Waals surface area (Å²) in [6.07, 6.45) is 4.25. The molecule has 0 radical (unpaired) electrons. The molecule has 0 bridgehead atoms. The number of hydrogen-bond acceptors (Lipinski definition) is 3. The van der Waals surface area contributed by atoms with Crippen LogP contribution in [0.25, 0.3) is 5.69 Å². The van der Waals surface area contributed by atoms with Crippen LogP contribution in [0.5, 0.6) is 0 Å². The number of nitrogens with two attached hydrogens (primary N) is 1. The molecule has 1 aromatic carbocycles. The molecule has 0 spiro atoms. The van der Waals surface area contributed by atoms with Crippen LogP contribution in [0, 0.1) is 11.3 Å². The molecular weight excluding hydrogens is 212 g/mol. The van der Waals surface area contributed by atoms with Crippen LogP contribution < -0.4 is 5.73 Å². The molecule has 0 aliphatic carbocycles. The minimum atomic E-state index is -0.0276. The van der Waals surface area contributed by atoms with E-state index in [2.05, 4.69) is 11.1 Å². The lowest BCUT2D eigenvalue weighted by atomic mass is 10.0. The van der Waals surface area contributed by atoms with E-state index in [-0.39, 0.29) is 6.04 Å². The van der Waals surface area contributed by atoms with Gasteiger partial charge in [-0.15, -0.1) is 0 Å². The minimum Gasteiger partial charge on any atom is -0.324 e. The Morgan fingerprint density at radius 2 is 2.24 bits per heavy atom. The van der Waals surface area contributed by atoms with Crippen LogP contribution in [0.3, 0.4) is 0 Å². The van der Waals surface area contributed by atoms with Crippen LogP contribution in [-0.2, 0) is 0 Å². The van der Waals surface area contributed by atoms with Gasteiger partial charge in [-0.3, -0.25) is 4.57 Å². The number of nitriles is 1. The maximum absolute atomic E-state index is 8.99. The lowest BCUT2D eigenvalue weighted by Gasteiger charge is -2.15. The predicted octanol–water partition coefficient (Wildman–Crippen LogP) is 2.15. The highest BCUT2D eigenvalue weighted by Crippen LogP contribution is 2.22. The van der Waals surface area contributed by atoms with Crippen LogP contribution in [0.2, 0.25) is 0 Å². The first-order valence-electron chi connectivity index (χ1n) is 5.56. The normalized spacial score (nSPS) is 12.1. The van der Waals surface area contributed by atoms with Crippen molar-refractivity contribution in [1.82, 2.24) is 9.55 Å². The standard InChI is InChI=1S/C13H14N4/c1-2-11(15)10-5-3-4-6-12(10)17-8-7-16-13(17)9-14/h3-8,11H,2,15H2,1H3/t11-/m0/s1. The summed E-state index contributed by atoms with van der Waals surface area (Å²) in [6.45, 7) is 2.04. The molecule has 0 saturated heterocycles. The van der Waals surface area contributed by atoms with Gasteiger partial charge >= 0.3 is 0 Å². The third kappa shape index (κ3) is 2.05. The van der Waals surface area contributed by atoms with Crippen LogP contribution in [0.15, 0.2) is 36.7 Å². The Morgan fingerprint density at radius 1 is 1.47 bits per heavy atom. The van der Waals surface area contributed by atoms with Gasteiger partial charge in [0.25, 0.3) is 0 Å². The van der Waals surface area contributed by atoms with Gasteiger partial charge in [0.2, 0.25) is 5.82 Å². The van der Waals surface area contributed by atoms with Crippen molar-refractivity contribution in [1.29, 1.82) is 5.26 Å². The van der Waals surface area contributed by atoms with Crippen LogP contribution in [0.4, 0.5) is 0 Å². The lowest BCUT2D eigenvalue weighted by molar-refractivity contribution is 0.692. The quantitative estimate of drug-likeness (QED) is 0.871. The molecule has 1 atom stereocenters. The lowest BCUT2D eigenvalue weighted by Crippen LogP contribution is -2.12. The number of hydrogen-bond donors (Lipinski definition) is 1. The molecule has 0 aliphatic rings. The molecule has 4 heteroatoms. The molecule has 2 rings (SSSR count). The SMILES string of the molecule is CC[C@H](N)c1ccccc1-n1ccnc1C#N. The largest absolute Gasteiger partial charge is 0.324 e. The molecule has 1 aromatic heterocycles. The monoisotopic (exact) mass is 226 g/mol. The summed E-state index contributed by atoms with van der Waals surface area (Å²) in [5, 5.41) is 8.99. The Hall–Kier alpha value is -2.12. The summed E-state index contributed by atoms with van der Waals surface area (Å²) in [5.41, 5.74) is 8.03. The van der Waals surface area contributed by atoms with Crippen LogP contribution >= 0.6 is 0 Å². The van der Waals surface area contributed by atoms with E-state index in [1.807, 2.05) is 31.2 Å². The van der Waals surface area contributed by atoms with Gasteiger partial charge in [-0.25, -0.2) is 4.98 Å². The molecule has 1 heterocycles. The van der Waals surface area contributed by atoms with Gasteiger partial charge in [-0.05, 0) is 18.1 Å². The fourth-order valence-corrected chi connectivity index (χ4v) is 1.82. The second kappa shape index (κ2) is 4.81. The molecule has 0 fully saturated rings. The topological polar surface area (TPSA) is 67.6 Å². The molecule has 86 valence electrons. The number of para-hydroxylation sites is 1. The van der Waals surface area contributed by atoms with E-state index in [0.29, 0.717) is 5.82 Å². The Bertz CT molecular complexity index is 551. The minimum absolute atomic E-state index is 0.0276. The Balaban J connectivity index is 2.57. The second-order valence-electron chi connectivity index (χ2n) is 3.81. The van der Waals surface area contributed by atoms with Gasteiger partial charge in [0.1, 0.15) is 6.07 Å². The van der Waals surface area contributed by atoms with Crippen LogP contribution in [-0.4, -0.2) is 9.55 Å². The second-order valence-corrected chi connectivity index (χ2v) is 3.81. The maximum Gasteiger partial charge on any atom is 0.217 e. The maximum atomic E-state index is 8.99. The first-order chi connectivity index (χ1) is 8.27.